The van der Waals surface area contributed by atoms with Crippen LogP contribution in [0.5, 0.6) is 0 Å². The third kappa shape index (κ3) is 5.16. The first kappa shape index (κ1) is 19.2. The normalized spacial score (nSPS) is 18.0. The fourth-order valence-corrected chi connectivity index (χ4v) is 3.37. The van der Waals surface area contributed by atoms with E-state index in [1.165, 1.54) is 18.4 Å². The van der Waals surface area contributed by atoms with Gasteiger partial charge in [-0.2, -0.15) is 0 Å². The zero-order chi connectivity index (χ0) is 18.6. The number of carbonyl (C=O) groups excluding carboxylic acids is 3. The predicted molar refractivity (Wildman–Crippen MR) is 95.3 cm³/mol. The van der Waals surface area contributed by atoms with Gasteiger partial charge >= 0.3 is 11.9 Å². The highest BCUT2D eigenvalue weighted by Crippen LogP contribution is 2.23. The first-order valence-corrected chi connectivity index (χ1v) is 8.90. The van der Waals surface area contributed by atoms with E-state index in [0.29, 0.717) is 24.3 Å². The van der Waals surface area contributed by atoms with Gasteiger partial charge in [0.2, 0.25) is 5.91 Å². The van der Waals surface area contributed by atoms with Gasteiger partial charge in [0.25, 0.3) is 0 Å². The summed E-state index contributed by atoms with van der Waals surface area (Å²) in [5.41, 5.74) is -0.578. The SMILES string of the molecule is COC(=O)c1ccc(C=CCN2C(=O)CC[C@@H]2C(=O)OC(C)(C)C)s1. The van der Waals surface area contributed by atoms with Crippen molar-refractivity contribution in [1.29, 1.82) is 0 Å². The van der Waals surface area contributed by atoms with E-state index in [0.717, 1.165) is 4.88 Å². The first-order chi connectivity index (χ1) is 11.7. The molecule has 0 spiro atoms. The molecule has 1 aliphatic rings. The number of hydrogen-bond donors (Lipinski definition) is 0. The van der Waals surface area contributed by atoms with Crippen LogP contribution >= 0.6 is 11.3 Å². The van der Waals surface area contributed by atoms with Crippen molar-refractivity contribution in [3.63, 3.8) is 0 Å². The van der Waals surface area contributed by atoms with E-state index in [2.05, 4.69) is 4.74 Å². The van der Waals surface area contributed by atoms with Gasteiger partial charge in [-0.3, -0.25) is 4.79 Å². The lowest BCUT2D eigenvalue weighted by Crippen LogP contribution is -2.42. The maximum Gasteiger partial charge on any atom is 0.348 e. The minimum Gasteiger partial charge on any atom is -0.465 e. The van der Waals surface area contributed by atoms with Crippen LogP contribution in [-0.2, 0) is 19.1 Å². The van der Waals surface area contributed by atoms with Crippen molar-refractivity contribution in [2.75, 3.05) is 13.7 Å². The average Bonchev–Trinajstić information content (AvgIpc) is 3.12. The second-order valence-corrected chi connectivity index (χ2v) is 7.85. The Morgan fingerprint density at radius 1 is 1.36 bits per heavy atom. The summed E-state index contributed by atoms with van der Waals surface area (Å²) in [7, 11) is 1.34. The molecule has 1 aliphatic heterocycles. The highest BCUT2D eigenvalue weighted by atomic mass is 32.1. The molecule has 136 valence electrons. The molecule has 0 aromatic carbocycles. The van der Waals surface area contributed by atoms with E-state index in [1.807, 2.05) is 39.0 Å². The smallest absolute Gasteiger partial charge is 0.348 e. The zero-order valence-corrected chi connectivity index (χ0v) is 15.7. The molecule has 2 rings (SSSR count). The summed E-state index contributed by atoms with van der Waals surface area (Å²) in [5, 5.41) is 0. The molecule has 1 aromatic rings. The number of carbonyl (C=O) groups is 3. The Morgan fingerprint density at radius 2 is 2.08 bits per heavy atom. The van der Waals surface area contributed by atoms with Gasteiger partial charge in [0.1, 0.15) is 16.5 Å². The Labute approximate surface area is 151 Å². The van der Waals surface area contributed by atoms with E-state index in [9.17, 15) is 14.4 Å². The van der Waals surface area contributed by atoms with Crippen LogP contribution in [0.1, 0.15) is 48.2 Å². The summed E-state index contributed by atoms with van der Waals surface area (Å²) < 4.78 is 10.1. The van der Waals surface area contributed by atoms with Gasteiger partial charge < -0.3 is 14.4 Å². The van der Waals surface area contributed by atoms with Crippen molar-refractivity contribution in [3.05, 3.63) is 28.0 Å². The van der Waals surface area contributed by atoms with Crippen molar-refractivity contribution in [2.45, 2.75) is 45.3 Å². The summed E-state index contributed by atoms with van der Waals surface area (Å²) in [4.78, 5) is 38.7. The summed E-state index contributed by atoms with van der Waals surface area (Å²) in [6.07, 6.45) is 4.47. The van der Waals surface area contributed by atoms with Crippen molar-refractivity contribution in [2.24, 2.45) is 0 Å². The molecule has 7 heteroatoms. The third-order valence-electron chi connectivity index (χ3n) is 3.60. The van der Waals surface area contributed by atoms with Gasteiger partial charge in [0.05, 0.1) is 7.11 Å². The van der Waals surface area contributed by atoms with E-state index >= 15 is 0 Å². The van der Waals surface area contributed by atoms with Crippen LogP contribution in [0.4, 0.5) is 0 Å². The van der Waals surface area contributed by atoms with Crippen LogP contribution in [-0.4, -0.2) is 48.0 Å². The second-order valence-electron chi connectivity index (χ2n) is 6.73. The Balaban J connectivity index is 1.99. The van der Waals surface area contributed by atoms with Crippen molar-refractivity contribution >= 4 is 35.3 Å². The Hall–Kier alpha value is -2.15. The van der Waals surface area contributed by atoms with Crippen LogP contribution in [0.15, 0.2) is 18.2 Å². The minimum atomic E-state index is -0.578. The van der Waals surface area contributed by atoms with Crippen LogP contribution in [0.3, 0.4) is 0 Å². The molecular formula is C18H23NO5S. The number of thiophene rings is 1. The van der Waals surface area contributed by atoms with Gasteiger partial charge in [-0.25, -0.2) is 9.59 Å². The minimum absolute atomic E-state index is 0.0538. The van der Waals surface area contributed by atoms with Crippen LogP contribution in [0.2, 0.25) is 0 Å². The van der Waals surface area contributed by atoms with E-state index in [4.69, 9.17) is 4.74 Å². The largest absolute Gasteiger partial charge is 0.465 e. The quantitative estimate of drug-likeness (QED) is 0.750. The molecule has 1 fully saturated rings. The molecule has 1 atom stereocenters. The Morgan fingerprint density at radius 3 is 2.72 bits per heavy atom. The molecule has 0 aliphatic carbocycles. The number of ether oxygens (including phenoxy) is 2. The maximum absolute atomic E-state index is 12.3. The molecule has 2 heterocycles. The number of hydrogen-bond acceptors (Lipinski definition) is 6. The Bertz CT molecular complexity index is 686. The molecule has 1 aromatic heterocycles. The lowest BCUT2D eigenvalue weighted by atomic mass is 10.1. The fourth-order valence-electron chi connectivity index (χ4n) is 2.51. The molecule has 0 radical (unpaired) electrons. The van der Waals surface area contributed by atoms with Gasteiger partial charge in [-0.15, -0.1) is 11.3 Å². The molecule has 25 heavy (non-hydrogen) atoms. The van der Waals surface area contributed by atoms with Crippen molar-refractivity contribution < 1.29 is 23.9 Å². The molecule has 1 amide bonds. The predicted octanol–water partition coefficient (Wildman–Crippen LogP) is 2.88. The molecule has 0 unspecified atom stereocenters. The van der Waals surface area contributed by atoms with Gasteiger partial charge in [0, 0.05) is 17.8 Å². The van der Waals surface area contributed by atoms with Crippen LogP contribution < -0.4 is 0 Å². The molecule has 1 saturated heterocycles. The third-order valence-corrected chi connectivity index (χ3v) is 4.64. The van der Waals surface area contributed by atoms with E-state index in [-0.39, 0.29) is 17.8 Å². The molecule has 0 saturated carbocycles. The summed E-state index contributed by atoms with van der Waals surface area (Å²) in [6.45, 7) is 5.75. The highest BCUT2D eigenvalue weighted by Gasteiger charge is 2.37. The van der Waals surface area contributed by atoms with Crippen molar-refractivity contribution in [3.8, 4) is 0 Å². The number of rotatable bonds is 5. The van der Waals surface area contributed by atoms with Gasteiger partial charge in [-0.05, 0) is 45.4 Å². The highest BCUT2D eigenvalue weighted by molar-refractivity contribution is 7.14. The lowest BCUT2D eigenvalue weighted by Gasteiger charge is -2.26. The number of likely N-dealkylation sites (tertiary alicyclic amines) is 1. The zero-order valence-electron chi connectivity index (χ0n) is 14.9. The van der Waals surface area contributed by atoms with Crippen LogP contribution in [0.25, 0.3) is 6.08 Å². The van der Waals surface area contributed by atoms with Gasteiger partial charge in [0.15, 0.2) is 0 Å². The molecule has 0 bridgehead atoms. The number of nitrogens with zero attached hydrogens (tertiary/aromatic N) is 1. The monoisotopic (exact) mass is 365 g/mol. The summed E-state index contributed by atoms with van der Waals surface area (Å²) in [5.74, 6) is -0.790. The number of amides is 1. The van der Waals surface area contributed by atoms with Crippen LogP contribution in [0, 0.1) is 0 Å². The standard InChI is InChI=1S/C18H23NO5S/c1-18(2,3)24-16(21)13-8-10-15(20)19(13)11-5-6-12-7-9-14(25-12)17(22)23-4/h5-7,9,13H,8,10-11H2,1-4H3/t13-/m1/s1. The fraction of sp³-hybridized carbons (Fsp3) is 0.500. The molecular weight excluding hydrogens is 342 g/mol. The lowest BCUT2D eigenvalue weighted by molar-refractivity contribution is -0.161. The second kappa shape index (κ2) is 7.82. The maximum atomic E-state index is 12.3. The topological polar surface area (TPSA) is 72.9 Å². The first-order valence-electron chi connectivity index (χ1n) is 8.08. The Kier molecular flexibility index (Phi) is 6.00. The average molecular weight is 365 g/mol. The molecule has 6 nitrogen and oxygen atoms in total. The summed E-state index contributed by atoms with van der Waals surface area (Å²) in [6, 6.07) is 2.97. The number of methoxy groups -OCH3 is 1. The van der Waals surface area contributed by atoms with Crippen molar-refractivity contribution in [1.82, 2.24) is 4.90 Å². The number of esters is 2. The van der Waals surface area contributed by atoms with E-state index in [1.54, 1.807) is 11.0 Å². The van der Waals surface area contributed by atoms with Gasteiger partial charge in [-0.1, -0.05) is 6.08 Å². The molecule has 0 N–H and O–H groups in total. The summed E-state index contributed by atoms with van der Waals surface area (Å²) >= 11 is 1.31. The van der Waals surface area contributed by atoms with E-state index < -0.39 is 11.6 Å².